The quantitative estimate of drug-likeness (QED) is 0.554. The van der Waals surface area contributed by atoms with Crippen molar-refractivity contribution in [3.05, 3.63) is 67.0 Å². The van der Waals surface area contributed by atoms with E-state index >= 15 is 0 Å². The highest BCUT2D eigenvalue weighted by Gasteiger charge is 2.34. The Morgan fingerprint density at radius 2 is 1.77 bits per heavy atom. The number of nitrogens with zero attached hydrogens (tertiary/aromatic N) is 3. The number of fused-ring (bicyclic) bond motifs is 1. The summed E-state index contributed by atoms with van der Waals surface area (Å²) in [6, 6.07) is 9.03. The van der Waals surface area contributed by atoms with Gasteiger partial charge < -0.3 is 9.88 Å². The van der Waals surface area contributed by atoms with Gasteiger partial charge in [0.25, 0.3) is 5.91 Å². The number of carbonyl (C=O) groups is 2. The number of nitrogens with one attached hydrogen (secondary N) is 1. The Kier molecular flexibility index (Phi) is 8.36. The maximum Gasteiger partial charge on any atom is 0.272 e. The van der Waals surface area contributed by atoms with Crippen LogP contribution in [0.1, 0.15) is 37.0 Å². The number of likely N-dealkylation sites (N-methyl/N-ethyl adjacent to an activating group) is 1. The van der Waals surface area contributed by atoms with Gasteiger partial charge in [-0.15, -0.1) is 0 Å². The number of amides is 1. The molecule has 6 nitrogen and oxygen atoms in total. The van der Waals surface area contributed by atoms with Crippen LogP contribution in [-0.2, 0) is 17.9 Å². The predicted molar refractivity (Wildman–Crippen MR) is 126 cm³/mol. The molecule has 0 saturated heterocycles. The van der Waals surface area contributed by atoms with Gasteiger partial charge in [0.15, 0.2) is 5.69 Å². The summed E-state index contributed by atoms with van der Waals surface area (Å²) in [5, 5.41) is 2.21. The third-order valence-electron chi connectivity index (χ3n) is 4.98. The number of benzene rings is 1. The van der Waals surface area contributed by atoms with Gasteiger partial charge in [0, 0.05) is 25.2 Å². The molecule has 1 aliphatic rings. The Morgan fingerprint density at radius 1 is 1.16 bits per heavy atom. The van der Waals surface area contributed by atoms with Gasteiger partial charge in [0.1, 0.15) is 11.9 Å². The van der Waals surface area contributed by atoms with E-state index in [2.05, 4.69) is 32.9 Å². The average Bonchev–Trinajstić information content (AvgIpc) is 3.10. The number of imidazole rings is 1. The molecule has 166 valence electrons. The van der Waals surface area contributed by atoms with E-state index in [9.17, 15) is 9.59 Å². The van der Waals surface area contributed by atoms with Gasteiger partial charge in [0.2, 0.25) is 5.24 Å². The van der Waals surface area contributed by atoms with Crippen LogP contribution in [0.2, 0.25) is 0 Å². The lowest BCUT2D eigenvalue weighted by molar-refractivity contribution is -0.115. The fourth-order valence-corrected chi connectivity index (χ4v) is 3.68. The number of hydrogen-bond donors (Lipinski definition) is 1. The fraction of sp³-hybridized carbons (Fsp3) is 0.375. The summed E-state index contributed by atoms with van der Waals surface area (Å²) in [5.41, 5.74) is 1.68. The molecule has 0 spiro atoms. The summed E-state index contributed by atoms with van der Waals surface area (Å²) in [6.45, 7) is 14.6. The van der Waals surface area contributed by atoms with Gasteiger partial charge in [-0.2, -0.15) is 0 Å². The van der Waals surface area contributed by atoms with E-state index in [0.717, 1.165) is 30.2 Å². The monoisotopic (exact) mass is 442 g/mol. The molecule has 3 rings (SSSR count). The summed E-state index contributed by atoms with van der Waals surface area (Å²) >= 11 is 5.74. The second-order valence-electron chi connectivity index (χ2n) is 8.53. The number of allylic oxidation sites excluding steroid dienone is 2. The molecule has 7 heteroatoms. The predicted octanol–water partition coefficient (Wildman–Crippen LogP) is 4.26. The van der Waals surface area contributed by atoms with Crippen LogP contribution in [0.3, 0.4) is 0 Å². The average molecular weight is 443 g/mol. The van der Waals surface area contributed by atoms with Crippen molar-refractivity contribution in [2.75, 3.05) is 13.6 Å². The third kappa shape index (κ3) is 6.15. The normalized spacial score (nSPS) is 14.5. The molecule has 1 aliphatic heterocycles. The maximum atomic E-state index is 13.0. The molecule has 0 bridgehead atoms. The molecule has 0 fully saturated rings. The Balaban J connectivity index is 0.000000785. The van der Waals surface area contributed by atoms with Gasteiger partial charge in [-0.3, -0.25) is 14.5 Å². The summed E-state index contributed by atoms with van der Waals surface area (Å²) < 4.78 is 2.10. The van der Waals surface area contributed by atoms with E-state index in [1.807, 2.05) is 58.2 Å². The molecular weight excluding hydrogens is 412 g/mol. The van der Waals surface area contributed by atoms with E-state index in [1.165, 1.54) is 0 Å². The fourth-order valence-electron chi connectivity index (χ4n) is 3.30. The van der Waals surface area contributed by atoms with Gasteiger partial charge in [0.05, 0.1) is 5.69 Å². The minimum absolute atomic E-state index is 0.354. The van der Waals surface area contributed by atoms with E-state index in [-0.39, 0.29) is 5.91 Å². The molecule has 31 heavy (non-hydrogen) atoms. The van der Waals surface area contributed by atoms with Gasteiger partial charge in [-0.1, -0.05) is 76.4 Å². The topological polar surface area (TPSA) is 67.2 Å². The molecule has 1 N–H and O–H groups in total. The van der Waals surface area contributed by atoms with Crippen LogP contribution in [-0.4, -0.2) is 45.2 Å². The second-order valence-corrected chi connectivity index (χ2v) is 8.91. The van der Waals surface area contributed by atoms with Crippen molar-refractivity contribution in [1.29, 1.82) is 0 Å². The molecular formula is C24H31ClN4O2. The van der Waals surface area contributed by atoms with E-state index in [1.54, 1.807) is 12.2 Å². The molecule has 0 aliphatic carbocycles. The summed E-state index contributed by atoms with van der Waals surface area (Å²) in [7, 11) is 2.01. The summed E-state index contributed by atoms with van der Waals surface area (Å²) in [4.78, 5) is 31.7. The maximum absolute atomic E-state index is 13.0. The first-order chi connectivity index (χ1) is 14.6. The smallest absolute Gasteiger partial charge is 0.272 e. The zero-order valence-electron chi connectivity index (χ0n) is 18.7. The first kappa shape index (κ1) is 24.6. The van der Waals surface area contributed by atoms with Gasteiger partial charge in [-0.25, -0.2) is 4.98 Å². The molecule has 2 heterocycles. The molecule has 1 aromatic heterocycles. The first-order valence-electron chi connectivity index (χ1n) is 10.2. The SMILES string of the molecule is C=CC=C.CN1CCn2c(-c3ccccc3)nc(C(=O)NC(C(=O)Cl)C(C)(C)C)c2C1. The van der Waals surface area contributed by atoms with Crippen LogP contribution >= 0.6 is 11.6 Å². The van der Waals surface area contributed by atoms with Crippen molar-refractivity contribution >= 4 is 22.8 Å². The van der Waals surface area contributed by atoms with Gasteiger partial charge >= 0.3 is 0 Å². The van der Waals surface area contributed by atoms with Crippen LogP contribution in [0.5, 0.6) is 0 Å². The van der Waals surface area contributed by atoms with Crippen LogP contribution in [0.15, 0.2) is 55.6 Å². The molecule has 0 radical (unpaired) electrons. The Hall–Kier alpha value is -2.70. The Bertz CT molecular complexity index is 938. The lowest BCUT2D eigenvalue weighted by atomic mass is 9.87. The summed E-state index contributed by atoms with van der Waals surface area (Å²) in [5.74, 6) is 0.401. The molecule has 1 amide bonds. The van der Waals surface area contributed by atoms with E-state index < -0.39 is 16.7 Å². The molecule has 0 saturated carbocycles. The second kappa shape index (κ2) is 10.6. The van der Waals surface area contributed by atoms with Gasteiger partial charge in [-0.05, 0) is 24.1 Å². The number of carbonyl (C=O) groups excluding carboxylic acids is 2. The van der Waals surface area contributed by atoms with Crippen LogP contribution in [0.25, 0.3) is 11.4 Å². The minimum Gasteiger partial charge on any atom is -0.339 e. The van der Waals surface area contributed by atoms with Crippen LogP contribution in [0.4, 0.5) is 0 Å². The summed E-state index contributed by atoms with van der Waals surface area (Å²) in [6.07, 6.45) is 3.28. The largest absolute Gasteiger partial charge is 0.339 e. The van der Waals surface area contributed by atoms with Crippen LogP contribution in [0, 0.1) is 5.41 Å². The van der Waals surface area contributed by atoms with Crippen molar-refractivity contribution in [2.24, 2.45) is 5.41 Å². The standard InChI is InChI=1S/C20H25ClN4O2.C4H6/c1-20(2,3)16(17(21)26)23-19(27)15-14-12-24(4)10-11-25(14)18(22-15)13-8-6-5-7-9-13;1-3-4-2/h5-9,16H,10-12H2,1-4H3,(H,23,27);3-4H,1-2H2. The van der Waals surface area contributed by atoms with E-state index in [4.69, 9.17) is 11.6 Å². The molecule has 1 aromatic carbocycles. The lowest BCUT2D eigenvalue weighted by Gasteiger charge is -2.29. The van der Waals surface area contributed by atoms with Crippen molar-refractivity contribution in [3.63, 3.8) is 0 Å². The zero-order chi connectivity index (χ0) is 23.2. The highest BCUT2D eigenvalue weighted by Crippen LogP contribution is 2.27. The highest BCUT2D eigenvalue weighted by molar-refractivity contribution is 6.65. The molecule has 2 aromatic rings. The molecule has 1 unspecified atom stereocenters. The van der Waals surface area contributed by atoms with Crippen LogP contribution < -0.4 is 5.32 Å². The lowest BCUT2D eigenvalue weighted by Crippen LogP contribution is -2.48. The number of halogens is 1. The number of rotatable bonds is 5. The Morgan fingerprint density at radius 3 is 2.29 bits per heavy atom. The first-order valence-corrected chi connectivity index (χ1v) is 10.5. The van der Waals surface area contributed by atoms with Crippen molar-refractivity contribution in [2.45, 2.75) is 39.9 Å². The van der Waals surface area contributed by atoms with Crippen molar-refractivity contribution in [3.8, 4) is 11.4 Å². The minimum atomic E-state index is -0.787. The van der Waals surface area contributed by atoms with Crippen molar-refractivity contribution in [1.82, 2.24) is 19.8 Å². The number of hydrogen-bond acceptors (Lipinski definition) is 4. The van der Waals surface area contributed by atoms with Crippen molar-refractivity contribution < 1.29 is 9.59 Å². The number of aromatic nitrogens is 2. The third-order valence-corrected chi connectivity index (χ3v) is 5.20. The Labute approximate surface area is 189 Å². The zero-order valence-corrected chi connectivity index (χ0v) is 19.4. The highest BCUT2D eigenvalue weighted by atomic mass is 35.5. The molecule has 1 atom stereocenters. The van der Waals surface area contributed by atoms with E-state index in [0.29, 0.717) is 12.2 Å².